The minimum absolute atomic E-state index is 0. The van der Waals surface area contributed by atoms with Crippen LogP contribution in [0.5, 0.6) is 0 Å². The summed E-state index contributed by atoms with van der Waals surface area (Å²) in [6, 6.07) is 21.5. The third-order valence-corrected chi connectivity index (χ3v) is 4.61. The summed E-state index contributed by atoms with van der Waals surface area (Å²) in [4.78, 5) is 32.7. The first-order chi connectivity index (χ1) is 14.6. The van der Waals surface area contributed by atoms with Gasteiger partial charge in [0, 0.05) is 24.2 Å². The van der Waals surface area contributed by atoms with Gasteiger partial charge in [-0.3, -0.25) is 14.8 Å². The molecule has 31 heavy (non-hydrogen) atoms. The van der Waals surface area contributed by atoms with Gasteiger partial charge in [0.1, 0.15) is 0 Å². The fourth-order valence-corrected chi connectivity index (χ4v) is 3.06. The van der Waals surface area contributed by atoms with Crippen molar-refractivity contribution in [1.29, 1.82) is 0 Å². The van der Waals surface area contributed by atoms with Gasteiger partial charge in [-0.05, 0) is 47.5 Å². The summed E-state index contributed by atoms with van der Waals surface area (Å²) in [6.45, 7) is 0. The Morgan fingerprint density at radius 1 is 0.806 bits per heavy atom. The molecule has 0 aliphatic heterocycles. The van der Waals surface area contributed by atoms with E-state index in [9.17, 15) is 14.7 Å². The zero-order valence-electron chi connectivity index (χ0n) is 15.8. The average Bonchev–Trinajstić information content (AvgIpc) is 2.80. The molecule has 0 fully saturated rings. The number of carbonyl (C=O) groups is 2. The molecule has 6 nitrogen and oxygen atoms in total. The van der Waals surface area contributed by atoms with Crippen LogP contribution in [0, 0.1) is 0 Å². The van der Waals surface area contributed by atoms with Crippen LogP contribution in [0.1, 0.15) is 20.7 Å². The summed E-state index contributed by atoms with van der Waals surface area (Å²) < 4.78 is 0. The Bertz CT molecular complexity index is 1200. The molecule has 148 valence electrons. The fourth-order valence-electron chi connectivity index (χ4n) is 3.06. The monoisotopic (exact) mass is 419 g/mol. The van der Waals surface area contributed by atoms with Crippen LogP contribution < -0.4 is 5.32 Å². The van der Waals surface area contributed by atoms with Crippen LogP contribution in [0.4, 0.5) is 5.69 Å². The van der Waals surface area contributed by atoms with Crippen LogP contribution in [-0.4, -0.2) is 56.5 Å². The second-order valence-electron chi connectivity index (χ2n) is 6.55. The zero-order valence-corrected chi connectivity index (χ0v) is 15.8. The number of carboxylic acid groups (broad SMARTS) is 1. The normalized spacial score (nSPS) is 10.1. The second-order valence-corrected chi connectivity index (χ2v) is 6.55. The van der Waals surface area contributed by atoms with E-state index >= 15 is 0 Å². The van der Waals surface area contributed by atoms with Crippen molar-refractivity contribution in [2.75, 3.05) is 5.32 Å². The van der Waals surface area contributed by atoms with E-state index in [1.165, 1.54) is 12.3 Å². The number of nitrogens with one attached hydrogen (secondary N) is 1. The van der Waals surface area contributed by atoms with Gasteiger partial charge in [-0.15, -0.1) is 0 Å². The van der Waals surface area contributed by atoms with Crippen LogP contribution in [0.2, 0.25) is 0 Å². The number of nitrogens with zero attached hydrogens (tertiary/aromatic N) is 2. The summed E-state index contributed by atoms with van der Waals surface area (Å²) in [7, 11) is 0. The maximum atomic E-state index is 12.7. The Hall–Kier alpha value is -3.32. The van der Waals surface area contributed by atoms with Crippen molar-refractivity contribution in [3.8, 4) is 22.4 Å². The number of aromatic nitrogens is 2. The molecule has 0 aliphatic carbocycles. The molecule has 4 rings (SSSR count). The van der Waals surface area contributed by atoms with Crippen molar-refractivity contribution < 1.29 is 14.7 Å². The Morgan fingerprint density at radius 2 is 1.55 bits per heavy atom. The van der Waals surface area contributed by atoms with Crippen molar-refractivity contribution in [1.82, 2.24) is 9.97 Å². The third-order valence-electron chi connectivity index (χ3n) is 4.61. The molecule has 2 heterocycles. The molecule has 0 unspecified atom stereocenters. The molecule has 0 atom stereocenters. The minimum atomic E-state index is -1.11. The number of aromatic carboxylic acids is 1. The Labute approximate surface area is 201 Å². The van der Waals surface area contributed by atoms with Gasteiger partial charge in [0.2, 0.25) is 0 Å². The number of carboxylic acids is 1. The van der Waals surface area contributed by atoms with Gasteiger partial charge < -0.3 is 10.4 Å². The van der Waals surface area contributed by atoms with Gasteiger partial charge >= 0.3 is 35.5 Å². The molecule has 2 aromatic heterocycles. The molecule has 0 bridgehead atoms. The van der Waals surface area contributed by atoms with Gasteiger partial charge in [0.15, 0.2) is 0 Å². The number of pyridine rings is 2. The first-order valence-electron chi connectivity index (χ1n) is 9.22. The molecule has 2 N–H and O–H groups in total. The molecule has 7 heteroatoms. The van der Waals surface area contributed by atoms with Gasteiger partial charge in [-0.25, -0.2) is 4.79 Å². The molecule has 1 amide bonds. The molecule has 0 aliphatic rings. The zero-order chi connectivity index (χ0) is 20.9. The Morgan fingerprint density at radius 3 is 2.19 bits per heavy atom. The van der Waals surface area contributed by atoms with Crippen LogP contribution in [0.15, 0.2) is 91.4 Å². The van der Waals surface area contributed by atoms with Crippen molar-refractivity contribution >= 4 is 47.1 Å². The second kappa shape index (κ2) is 10.1. The predicted molar refractivity (Wildman–Crippen MR) is 121 cm³/mol. The van der Waals surface area contributed by atoms with Crippen molar-refractivity contribution in [3.63, 3.8) is 0 Å². The number of rotatable bonds is 5. The standard InChI is InChI=1S/C24H17N3O3.Na.H/c28-23(19-7-9-21(26-15-19)17-10-12-25-13-11-17)27-22-14-18(6-8-20(22)24(29)30)16-4-2-1-3-5-16;;/h1-15H,(H,27,28)(H,29,30);;. The van der Waals surface area contributed by atoms with Gasteiger partial charge in [-0.2, -0.15) is 0 Å². The van der Waals surface area contributed by atoms with E-state index in [0.29, 0.717) is 11.3 Å². The quantitative estimate of drug-likeness (QED) is 0.475. The number of carbonyl (C=O) groups excluding carboxylic acids is 1. The predicted octanol–water partition coefficient (Wildman–Crippen LogP) is 4.11. The first kappa shape index (κ1) is 22.4. The number of hydrogen-bond donors (Lipinski definition) is 2. The van der Waals surface area contributed by atoms with E-state index in [4.69, 9.17) is 0 Å². The van der Waals surface area contributed by atoms with Crippen molar-refractivity contribution in [2.45, 2.75) is 0 Å². The molecule has 0 radical (unpaired) electrons. The molecule has 4 aromatic rings. The number of amides is 1. The molecule has 0 saturated carbocycles. The van der Waals surface area contributed by atoms with E-state index in [1.807, 2.05) is 42.5 Å². The molecule has 0 saturated heterocycles. The van der Waals surface area contributed by atoms with Gasteiger partial charge in [0.25, 0.3) is 5.91 Å². The molecule has 0 spiro atoms. The molecule has 2 aromatic carbocycles. The van der Waals surface area contributed by atoms with Crippen molar-refractivity contribution in [3.05, 3.63) is 103 Å². The van der Waals surface area contributed by atoms with Gasteiger partial charge in [0.05, 0.1) is 22.5 Å². The van der Waals surface area contributed by atoms with E-state index in [2.05, 4.69) is 15.3 Å². The summed E-state index contributed by atoms with van der Waals surface area (Å²) in [6.07, 6.45) is 4.81. The summed E-state index contributed by atoms with van der Waals surface area (Å²) in [5.74, 6) is -1.55. The number of benzene rings is 2. The number of anilines is 1. The van der Waals surface area contributed by atoms with E-state index in [1.54, 1.807) is 36.7 Å². The average molecular weight is 419 g/mol. The van der Waals surface area contributed by atoms with Gasteiger partial charge in [-0.1, -0.05) is 36.4 Å². The van der Waals surface area contributed by atoms with Crippen LogP contribution in [-0.2, 0) is 0 Å². The summed E-state index contributed by atoms with van der Waals surface area (Å²) in [5.41, 5.74) is 3.91. The molecular formula is C24H18N3NaO3. The topological polar surface area (TPSA) is 92.2 Å². The van der Waals surface area contributed by atoms with E-state index < -0.39 is 11.9 Å². The SMILES string of the molecule is O=C(Nc1cc(-c2ccccc2)ccc1C(=O)O)c1ccc(-c2ccncc2)nc1.[NaH]. The fraction of sp³-hybridized carbons (Fsp3) is 0. The summed E-state index contributed by atoms with van der Waals surface area (Å²) >= 11 is 0. The Balaban J connectivity index is 0.00000272. The molecular weight excluding hydrogens is 401 g/mol. The van der Waals surface area contributed by atoms with E-state index in [0.717, 1.165) is 16.7 Å². The number of hydrogen-bond acceptors (Lipinski definition) is 4. The third kappa shape index (κ3) is 5.24. The first-order valence-corrected chi connectivity index (χ1v) is 9.22. The van der Waals surface area contributed by atoms with Crippen molar-refractivity contribution in [2.24, 2.45) is 0 Å². The summed E-state index contributed by atoms with van der Waals surface area (Å²) in [5, 5.41) is 12.2. The van der Waals surface area contributed by atoms with E-state index in [-0.39, 0.29) is 40.8 Å². The Kier molecular flexibility index (Phi) is 7.31. The van der Waals surface area contributed by atoms with Crippen LogP contribution in [0.3, 0.4) is 0 Å². The van der Waals surface area contributed by atoms with Crippen LogP contribution in [0.25, 0.3) is 22.4 Å². The maximum absolute atomic E-state index is 12.7. The van der Waals surface area contributed by atoms with Crippen LogP contribution >= 0.6 is 0 Å².